The second-order valence-corrected chi connectivity index (χ2v) is 5.46. The Morgan fingerprint density at radius 2 is 1.73 bits per heavy atom. The van der Waals surface area contributed by atoms with Crippen LogP contribution in [0.5, 0.6) is 0 Å². The second-order valence-electron chi connectivity index (χ2n) is 5.46. The van der Waals surface area contributed by atoms with Crippen LogP contribution >= 0.6 is 0 Å². The zero-order chi connectivity index (χ0) is 16.4. The van der Waals surface area contributed by atoms with E-state index in [1.807, 2.05) is 26.8 Å². The molecule has 0 radical (unpaired) electrons. The SMILES string of the molecule is Cc1cc(C)cc(C(NC(=O)c2cc(C)n(C)n2)C(=O)O)c1. The minimum absolute atomic E-state index is 0.204. The monoisotopic (exact) mass is 301 g/mol. The molecule has 0 aliphatic rings. The van der Waals surface area contributed by atoms with Gasteiger partial charge in [-0.1, -0.05) is 29.3 Å². The summed E-state index contributed by atoms with van der Waals surface area (Å²) in [5.41, 5.74) is 3.47. The molecular formula is C16H19N3O3. The number of amides is 1. The average molecular weight is 301 g/mol. The Morgan fingerprint density at radius 1 is 1.14 bits per heavy atom. The standard InChI is InChI=1S/C16H19N3O3/c1-9-5-10(2)7-12(6-9)14(16(21)22)17-15(20)13-8-11(3)19(4)18-13/h5-8,14H,1-4H3,(H,17,20)(H,21,22). The van der Waals surface area contributed by atoms with Crippen LogP contribution in [0.4, 0.5) is 0 Å². The highest BCUT2D eigenvalue weighted by Crippen LogP contribution is 2.18. The molecule has 2 N–H and O–H groups in total. The molecule has 116 valence electrons. The molecule has 0 saturated heterocycles. The van der Waals surface area contributed by atoms with Crippen molar-refractivity contribution in [1.29, 1.82) is 0 Å². The summed E-state index contributed by atoms with van der Waals surface area (Å²) in [7, 11) is 1.73. The molecule has 1 aromatic heterocycles. The molecule has 2 rings (SSSR count). The van der Waals surface area contributed by atoms with Crippen LogP contribution in [0, 0.1) is 20.8 Å². The van der Waals surface area contributed by atoms with Gasteiger partial charge in [0.1, 0.15) is 5.69 Å². The van der Waals surface area contributed by atoms with E-state index in [-0.39, 0.29) is 5.69 Å². The largest absolute Gasteiger partial charge is 0.479 e. The van der Waals surface area contributed by atoms with Gasteiger partial charge in [0.15, 0.2) is 6.04 Å². The zero-order valence-electron chi connectivity index (χ0n) is 13.0. The van der Waals surface area contributed by atoms with Gasteiger partial charge in [0, 0.05) is 12.7 Å². The number of benzene rings is 1. The number of carboxylic acid groups (broad SMARTS) is 1. The van der Waals surface area contributed by atoms with Gasteiger partial charge in [-0.15, -0.1) is 0 Å². The molecule has 0 aliphatic heterocycles. The van der Waals surface area contributed by atoms with Gasteiger partial charge in [0.25, 0.3) is 5.91 Å². The van der Waals surface area contributed by atoms with E-state index in [2.05, 4.69) is 10.4 Å². The number of carbonyl (C=O) groups is 2. The molecule has 2 aromatic rings. The van der Waals surface area contributed by atoms with E-state index in [9.17, 15) is 14.7 Å². The number of nitrogens with zero attached hydrogens (tertiary/aromatic N) is 2. The molecule has 0 bridgehead atoms. The lowest BCUT2D eigenvalue weighted by atomic mass is 10.0. The van der Waals surface area contributed by atoms with Crippen molar-refractivity contribution in [2.75, 3.05) is 0 Å². The van der Waals surface area contributed by atoms with Crippen molar-refractivity contribution in [3.63, 3.8) is 0 Å². The van der Waals surface area contributed by atoms with Gasteiger partial charge in [0.05, 0.1) is 0 Å². The summed E-state index contributed by atoms with van der Waals surface area (Å²) in [5.74, 6) is -1.61. The molecule has 1 amide bonds. The first-order valence-electron chi connectivity index (χ1n) is 6.90. The van der Waals surface area contributed by atoms with E-state index in [1.165, 1.54) is 0 Å². The number of aliphatic carboxylic acids is 1. The van der Waals surface area contributed by atoms with E-state index in [4.69, 9.17) is 0 Å². The van der Waals surface area contributed by atoms with Gasteiger partial charge in [-0.2, -0.15) is 5.10 Å². The number of aromatic nitrogens is 2. The van der Waals surface area contributed by atoms with E-state index in [0.29, 0.717) is 5.56 Å². The Labute approximate surface area is 128 Å². The third-order valence-corrected chi connectivity index (χ3v) is 3.45. The van der Waals surface area contributed by atoms with E-state index >= 15 is 0 Å². The highest BCUT2D eigenvalue weighted by atomic mass is 16.4. The summed E-state index contributed by atoms with van der Waals surface area (Å²) in [6.07, 6.45) is 0. The fourth-order valence-corrected chi connectivity index (χ4v) is 2.34. The first-order chi connectivity index (χ1) is 10.3. The smallest absolute Gasteiger partial charge is 0.330 e. The van der Waals surface area contributed by atoms with E-state index < -0.39 is 17.9 Å². The van der Waals surface area contributed by atoms with Crippen LogP contribution in [-0.2, 0) is 11.8 Å². The highest BCUT2D eigenvalue weighted by molar-refractivity contribution is 5.95. The van der Waals surface area contributed by atoms with E-state index in [1.54, 1.807) is 29.9 Å². The molecule has 0 fully saturated rings. The predicted molar refractivity (Wildman–Crippen MR) is 81.7 cm³/mol. The average Bonchev–Trinajstić information content (AvgIpc) is 2.74. The summed E-state index contributed by atoms with van der Waals surface area (Å²) in [6.45, 7) is 5.60. The second kappa shape index (κ2) is 6.01. The van der Waals surface area contributed by atoms with Crippen molar-refractivity contribution < 1.29 is 14.7 Å². The van der Waals surface area contributed by atoms with Gasteiger partial charge in [-0.3, -0.25) is 9.48 Å². The molecule has 0 spiro atoms. The Bertz CT molecular complexity index is 694. The minimum atomic E-state index is -1.11. The lowest BCUT2D eigenvalue weighted by Gasteiger charge is -2.15. The Balaban J connectivity index is 2.29. The first-order valence-corrected chi connectivity index (χ1v) is 6.90. The maximum absolute atomic E-state index is 12.2. The molecule has 22 heavy (non-hydrogen) atoms. The van der Waals surface area contributed by atoms with Crippen LogP contribution < -0.4 is 5.32 Å². The molecule has 0 aliphatic carbocycles. The van der Waals surface area contributed by atoms with Crippen molar-refractivity contribution in [3.8, 4) is 0 Å². The van der Waals surface area contributed by atoms with Gasteiger partial charge in [-0.05, 0) is 32.4 Å². The number of carbonyl (C=O) groups excluding carboxylic acids is 1. The zero-order valence-corrected chi connectivity index (χ0v) is 13.0. The Morgan fingerprint density at radius 3 is 2.18 bits per heavy atom. The topological polar surface area (TPSA) is 84.2 Å². The Hall–Kier alpha value is -2.63. The summed E-state index contributed by atoms with van der Waals surface area (Å²) < 4.78 is 1.57. The van der Waals surface area contributed by atoms with Gasteiger partial charge in [0.2, 0.25) is 0 Å². The van der Waals surface area contributed by atoms with Crippen molar-refractivity contribution in [2.24, 2.45) is 7.05 Å². The van der Waals surface area contributed by atoms with Gasteiger partial charge >= 0.3 is 5.97 Å². The molecule has 6 nitrogen and oxygen atoms in total. The van der Waals surface area contributed by atoms with Crippen molar-refractivity contribution in [2.45, 2.75) is 26.8 Å². The molecule has 0 saturated carbocycles. The lowest BCUT2D eigenvalue weighted by Crippen LogP contribution is -2.34. The van der Waals surface area contributed by atoms with Gasteiger partial charge < -0.3 is 10.4 Å². The van der Waals surface area contributed by atoms with Crippen LogP contribution in [0.25, 0.3) is 0 Å². The summed E-state index contributed by atoms with van der Waals surface area (Å²) in [6, 6.07) is 5.99. The molecular weight excluding hydrogens is 282 g/mol. The van der Waals surface area contributed by atoms with Gasteiger partial charge in [-0.25, -0.2) is 4.79 Å². The third-order valence-electron chi connectivity index (χ3n) is 3.45. The number of carboxylic acids is 1. The summed E-state index contributed by atoms with van der Waals surface area (Å²) in [4.78, 5) is 23.7. The molecule has 1 heterocycles. The first kappa shape index (κ1) is 15.8. The minimum Gasteiger partial charge on any atom is -0.479 e. The van der Waals surface area contributed by atoms with Crippen molar-refractivity contribution >= 4 is 11.9 Å². The molecule has 1 unspecified atom stereocenters. The van der Waals surface area contributed by atoms with Crippen molar-refractivity contribution in [1.82, 2.24) is 15.1 Å². The quantitative estimate of drug-likeness (QED) is 0.903. The highest BCUT2D eigenvalue weighted by Gasteiger charge is 2.24. The number of nitrogens with one attached hydrogen (secondary N) is 1. The number of aryl methyl sites for hydroxylation is 4. The molecule has 1 aromatic carbocycles. The Kier molecular flexibility index (Phi) is 4.30. The molecule has 1 atom stereocenters. The van der Waals surface area contributed by atoms with Crippen LogP contribution in [0.3, 0.4) is 0 Å². The maximum Gasteiger partial charge on any atom is 0.330 e. The van der Waals surface area contributed by atoms with E-state index in [0.717, 1.165) is 16.8 Å². The fraction of sp³-hybridized carbons (Fsp3) is 0.312. The fourth-order valence-electron chi connectivity index (χ4n) is 2.34. The van der Waals surface area contributed by atoms with Crippen LogP contribution in [0.15, 0.2) is 24.3 Å². The summed E-state index contributed by atoms with van der Waals surface area (Å²) >= 11 is 0. The predicted octanol–water partition coefficient (Wildman–Crippen LogP) is 1.90. The number of rotatable bonds is 4. The normalized spacial score (nSPS) is 12.0. The van der Waals surface area contributed by atoms with Crippen molar-refractivity contribution in [3.05, 3.63) is 52.3 Å². The lowest BCUT2D eigenvalue weighted by molar-refractivity contribution is -0.139. The maximum atomic E-state index is 12.2. The summed E-state index contributed by atoms with van der Waals surface area (Å²) in [5, 5.41) is 16.0. The molecule has 6 heteroatoms. The van der Waals surface area contributed by atoms with Crippen LogP contribution in [0.1, 0.15) is 38.9 Å². The number of hydrogen-bond acceptors (Lipinski definition) is 3. The third kappa shape index (κ3) is 3.33. The van der Waals surface area contributed by atoms with Crippen LogP contribution in [0.2, 0.25) is 0 Å². The number of hydrogen-bond donors (Lipinski definition) is 2. The van der Waals surface area contributed by atoms with Crippen LogP contribution in [-0.4, -0.2) is 26.8 Å².